The highest BCUT2D eigenvalue weighted by Crippen LogP contribution is 2.30. The number of nitrogens with zero attached hydrogens (tertiary/aromatic N) is 2. The molecule has 1 saturated carbocycles. The van der Waals surface area contributed by atoms with Gasteiger partial charge in [-0.25, -0.2) is 0 Å². The number of aromatic nitrogens is 1. The lowest BCUT2D eigenvalue weighted by molar-refractivity contribution is 0.311. The molecule has 4 nitrogen and oxygen atoms in total. The molecular formula is C16H29N3O. The zero-order valence-electron chi connectivity index (χ0n) is 13.6. The van der Waals surface area contributed by atoms with Crippen molar-refractivity contribution in [2.24, 2.45) is 5.92 Å². The molecule has 114 valence electrons. The number of oxazole rings is 1. The minimum absolute atomic E-state index is 0.100. The Bertz CT molecular complexity index is 422. The van der Waals surface area contributed by atoms with Crippen molar-refractivity contribution in [1.82, 2.24) is 10.3 Å². The molecule has 0 bridgehead atoms. The second kappa shape index (κ2) is 6.17. The highest BCUT2D eigenvalue weighted by Gasteiger charge is 2.27. The van der Waals surface area contributed by atoms with Crippen LogP contribution < -0.4 is 10.2 Å². The van der Waals surface area contributed by atoms with E-state index in [-0.39, 0.29) is 5.54 Å². The number of hydrogen-bond acceptors (Lipinski definition) is 4. The Hall–Kier alpha value is -1.03. The van der Waals surface area contributed by atoms with Gasteiger partial charge in [-0.1, -0.05) is 19.8 Å². The van der Waals surface area contributed by atoms with E-state index in [4.69, 9.17) is 4.42 Å². The third-order valence-corrected chi connectivity index (χ3v) is 4.20. The summed E-state index contributed by atoms with van der Waals surface area (Å²) in [4.78, 5) is 6.85. The first-order chi connectivity index (χ1) is 9.37. The molecule has 2 atom stereocenters. The third-order valence-electron chi connectivity index (χ3n) is 4.20. The Kier molecular flexibility index (Phi) is 4.74. The van der Waals surface area contributed by atoms with Crippen molar-refractivity contribution >= 4 is 6.01 Å². The van der Waals surface area contributed by atoms with Crippen LogP contribution in [0.1, 0.15) is 59.1 Å². The van der Waals surface area contributed by atoms with Gasteiger partial charge in [0.05, 0.1) is 5.69 Å². The SMILES string of the molecule is CC1CCCCC1N(C)c1nc(CNC(C)(C)C)co1. The fraction of sp³-hybridized carbons (Fsp3) is 0.812. The molecule has 0 spiro atoms. The van der Waals surface area contributed by atoms with Gasteiger partial charge in [0.2, 0.25) is 0 Å². The first-order valence-electron chi connectivity index (χ1n) is 7.79. The van der Waals surface area contributed by atoms with E-state index in [1.54, 1.807) is 6.26 Å². The molecule has 1 fully saturated rings. The highest BCUT2D eigenvalue weighted by atomic mass is 16.4. The molecule has 1 N–H and O–H groups in total. The third kappa shape index (κ3) is 3.98. The minimum Gasteiger partial charge on any atom is -0.432 e. The highest BCUT2D eigenvalue weighted by molar-refractivity contribution is 5.28. The van der Waals surface area contributed by atoms with Crippen LogP contribution in [0.2, 0.25) is 0 Å². The summed E-state index contributed by atoms with van der Waals surface area (Å²) in [6.45, 7) is 9.56. The smallest absolute Gasteiger partial charge is 0.297 e. The average molecular weight is 279 g/mol. The molecular weight excluding hydrogens is 250 g/mol. The molecule has 1 aliphatic carbocycles. The van der Waals surface area contributed by atoms with E-state index in [9.17, 15) is 0 Å². The Morgan fingerprint density at radius 1 is 1.35 bits per heavy atom. The summed E-state index contributed by atoms with van der Waals surface area (Å²) in [6.07, 6.45) is 7.01. The van der Waals surface area contributed by atoms with E-state index in [1.807, 2.05) is 0 Å². The van der Waals surface area contributed by atoms with Crippen molar-refractivity contribution in [3.8, 4) is 0 Å². The summed E-state index contributed by atoms with van der Waals surface area (Å²) in [6, 6.07) is 1.32. The first-order valence-corrected chi connectivity index (χ1v) is 7.79. The zero-order valence-corrected chi connectivity index (χ0v) is 13.6. The predicted molar refractivity (Wildman–Crippen MR) is 82.9 cm³/mol. The molecule has 4 heteroatoms. The van der Waals surface area contributed by atoms with E-state index in [0.717, 1.165) is 24.2 Å². The predicted octanol–water partition coefficient (Wildman–Crippen LogP) is 3.58. The molecule has 0 aliphatic heterocycles. The lowest BCUT2D eigenvalue weighted by Crippen LogP contribution is -2.39. The van der Waals surface area contributed by atoms with Crippen LogP contribution in [0.3, 0.4) is 0 Å². The molecule has 0 aromatic carbocycles. The zero-order chi connectivity index (χ0) is 14.8. The van der Waals surface area contributed by atoms with E-state index >= 15 is 0 Å². The van der Waals surface area contributed by atoms with Crippen LogP contribution in [0.5, 0.6) is 0 Å². The Morgan fingerprint density at radius 2 is 2.05 bits per heavy atom. The van der Waals surface area contributed by atoms with Crippen LogP contribution in [-0.2, 0) is 6.54 Å². The van der Waals surface area contributed by atoms with Crippen molar-refractivity contribution in [3.63, 3.8) is 0 Å². The van der Waals surface area contributed by atoms with Crippen molar-refractivity contribution in [1.29, 1.82) is 0 Å². The molecule has 0 radical (unpaired) electrons. The molecule has 2 unspecified atom stereocenters. The van der Waals surface area contributed by atoms with Crippen molar-refractivity contribution in [3.05, 3.63) is 12.0 Å². The second-order valence-electron chi connectivity index (χ2n) is 7.16. The number of hydrogen-bond donors (Lipinski definition) is 1. The largest absolute Gasteiger partial charge is 0.432 e. The lowest BCUT2D eigenvalue weighted by atomic mass is 9.85. The lowest BCUT2D eigenvalue weighted by Gasteiger charge is -2.35. The fourth-order valence-electron chi connectivity index (χ4n) is 2.91. The molecule has 1 aliphatic rings. The minimum atomic E-state index is 0.100. The second-order valence-corrected chi connectivity index (χ2v) is 7.16. The van der Waals surface area contributed by atoms with E-state index < -0.39 is 0 Å². The molecule has 1 heterocycles. The first kappa shape index (κ1) is 15.4. The van der Waals surface area contributed by atoms with Gasteiger partial charge in [0, 0.05) is 25.2 Å². The van der Waals surface area contributed by atoms with Gasteiger partial charge in [-0.15, -0.1) is 0 Å². The van der Waals surface area contributed by atoms with E-state index in [0.29, 0.717) is 6.04 Å². The maximum absolute atomic E-state index is 5.67. The molecule has 1 aromatic rings. The van der Waals surface area contributed by atoms with Crippen LogP contribution >= 0.6 is 0 Å². The van der Waals surface area contributed by atoms with Crippen LogP contribution in [0.25, 0.3) is 0 Å². The van der Waals surface area contributed by atoms with Gasteiger partial charge in [-0.05, 0) is 39.5 Å². The van der Waals surface area contributed by atoms with Crippen LogP contribution in [0.4, 0.5) is 6.01 Å². The van der Waals surface area contributed by atoms with E-state index in [2.05, 4.69) is 49.9 Å². The summed E-state index contributed by atoms with van der Waals surface area (Å²) < 4.78 is 5.67. The molecule has 20 heavy (non-hydrogen) atoms. The van der Waals surface area contributed by atoms with Gasteiger partial charge in [0.25, 0.3) is 6.01 Å². The normalized spacial score (nSPS) is 23.9. The van der Waals surface area contributed by atoms with E-state index in [1.165, 1.54) is 25.7 Å². The van der Waals surface area contributed by atoms with Crippen LogP contribution in [0, 0.1) is 5.92 Å². The van der Waals surface area contributed by atoms with Crippen LogP contribution in [-0.4, -0.2) is 23.6 Å². The monoisotopic (exact) mass is 279 g/mol. The van der Waals surface area contributed by atoms with Gasteiger partial charge < -0.3 is 14.6 Å². The molecule has 0 amide bonds. The molecule has 1 aromatic heterocycles. The summed E-state index contributed by atoms with van der Waals surface area (Å²) in [5.74, 6) is 0.719. The topological polar surface area (TPSA) is 41.3 Å². The van der Waals surface area contributed by atoms with Gasteiger partial charge >= 0.3 is 0 Å². The average Bonchev–Trinajstić information content (AvgIpc) is 2.84. The summed E-state index contributed by atoms with van der Waals surface area (Å²) in [5, 5.41) is 3.44. The Labute approximate surface area is 122 Å². The molecule has 2 rings (SSSR count). The Balaban J connectivity index is 1.97. The summed E-state index contributed by atoms with van der Waals surface area (Å²) >= 11 is 0. The summed E-state index contributed by atoms with van der Waals surface area (Å²) in [5.41, 5.74) is 1.08. The molecule has 0 saturated heterocycles. The maximum Gasteiger partial charge on any atom is 0.297 e. The number of anilines is 1. The number of nitrogens with one attached hydrogen (secondary N) is 1. The quantitative estimate of drug-likeness (QED) is 0.914. The standard InChI is InChI=1S/C16H29N3O/c1-12-8-6-7-9-14(12)19(5)15-18-13(11-20-15)10-17-16(2,3)4/h11-12,14,17H,6-10H2,1-5H3. The summed E-state index contributed by atoms with van der Waals surface area (Å²) in [7, 11) is 2.11. The van der Waals surface area contributed by atoms with Gasteiger partial charge in [-0.2, -0.15) is 4.98 Å². The van der Waals surface area contributed by atoms with Crippen LogP contribution in [0.15, 0.2) is 10.7 Å². The van der Waals surface area contributed by atoms with Crippen molar-refractivity contribution in [2.75, 3.05) is 11.9 Å². The van der Waals surface area contributed by atoms with Gasteiger partial charge in [0.1, 0.15) is 6.26 Å². The van der Waals surface area contributed by atoms with Gasteiger partial charge in [-0.3, -0.25) is 0 Å². The van der Waals surface area contributed by atoms with Crippen molar-refractivity contribution in [2.45, 2.75) is 71.5 Å². The number of rotatable bonds is 4. The maximum atomic E-state index is 5.67. The van der Waals surface area contributed by atoms with Gasteiger partial charge in [0.15, 0.2) is 0 Å². The fourth-order valence-corrected chi connectivity index (χ4v) is 2.91. The Morgan fingerprint density at radius 3 is 2.70 bits per heavy atom. The van der Waals surface area contributed by atoms with Crippen molar-refractivity contribution < 1.29 is 4.42 Å².